The van der Waals surface area contributed by atoms with Crippen LogP contribution in [-0.2, 0) is 4.74 Å². The smallest absolute Gasteiger partial charge is 0.444 e. The molecule has 1 fully saturated rings. The van der Waals surface area contributed by atoms with Crippen LogP contribution >= 0.6 is 0 Å². The van der Waals surface area contributed by atoms with Crippen LogP contribution in [0.4, 0.5) is 9.59 Å². The molecule has 0 spiro atoms. The van der Waals surface area contributed by atoms with Gasteiger partial charge >= 0.3 is 12.2 Å². The van der Waals surface area contributed by atoms with Gasteiger partial charge in [0.15, 0.2) is 0 Å². The second kappa shape index (κ2) is 6.79. The quantitative estimate of drug-likeness (QED) is 0.764. The van der Waals surface area contributed by atoms with Gasteiger partial charge < -0.3 is 9.47 Å². The summed E-state index contributed by atoms with van der Waals surface area (Å²) in [6.45, 7) is 1.92. The maximum Gasteiger partial charge on any atom is 0.458 e. The molecule has 20 heavy (non-hydrogen) atoms. The highest BCUT2D eigenvalue weighted by Crippen LogP contribution is 2.21. The molecular formula is C14H16N2O4. The molecule has 0 bridgehead atoms. The lowest BCUT2D eigenvalue weighted by Crippen LogP contribution is -2.11. The molecule has 0 unspecified atom stereocenters. The zero-order valence-corrected chi connectivity index (χ0v) is 11.2. The average molecular weight is 276 g/mol. The lowest BCUT2D eigenvalue weighted by atomic mass is 10.2. The Balaban J connectivity index is 1.79. The number of hydrogen-bond acceptors (Lipinski definition) is 4. The lowest BCUT2D eigenvalue weighted by Gasteiger charge is -2.06. The third kappa shape index (κ3) is 4.46. The van der Waals surface area contributed by atoms with E-state index in [1.54, 1.807) is 24.3 Å². The van der Waals surface area contributed by atoms with Crippen LogP contribution < -0.4 is 4.74 Å². The van der Waals surface area contributed by atoms with Crippen molar-refractivity contribution in [3.63, 3.8) is 0 Å². The normalized spacial score (nSPS) is 15.4. The summed E-state index contributed by atoms with van der Waals surface area (Å²) in [6.07, 6.45) is 1.88. The Morgan fingerprint density at radius 1 is 1.05 bits per heavy atom. The number of ether oxygens (including phenoxy) is 2. The van der Waals surface area contributed by atoms with E-state index in [0.29, 0.717) is 5.75 Å². The summed E-state index contributed by atoms with van der Waals surface area (Å²) < 4.78 is 9.90. The number of azo groups is 1. The standard InChI is InChI=1S/C14H16N2O4/c1-10-6-8-12(9-7-10)20-14(18)16-15-13(17)19-11-4-2-3-5-11/h6-9,11H,2-5H2,1H3/b16-15+. The van der Waals surface area contributed by atoms with E-state index in [0.717, 1.165) is 31.2 Å². The Kier molecular flexibility index (Phi) is 4.81. The van der Waals surface area contributed by atoms with Gasteiger partial charge in [-0.05, 0) is 44.7 Å². The van der Waals surface area contributed by atoms with Crippen LogP contribution in [0.25, 0.3) is 0 Å². The molecule has 1 aliphatic rings. The van der Waals surface area contributed by atoms with Crippen LogP contribution in [0.5, 0.6) is 5.75 Å². The Bertz CT molecular complexity index is 504. The number of amides is 2. The van der Waals surface area contributed by atoms with Crippen molar-refractivity contribution >= 4 is 12.2 Å². The highest BCUT2D eigenvalue weighted by molar-refractivity contribution is 5.74. The van der Waals surface area contributed by atoms with Crippen LogP contribution in [-0.4, -0.2) is 18.3 Å². The molecule has 0 radical (unpaired) electrons. The molecule has 0 aromatic heterocycles. The molecule has 1 aromatic rings. The van der Waals surface area contributed by atoms with Gasteiger partial charge in [0.1, 0.15) is 11.9 Å². The van der Waals surface area contributed by atoms with Crippen molar-refractivity contribution in [3.05, 3.63) is 29.8 Å². The number of aryl methyl sites for hydroxylation is 1. The van der Waals surface area contributed by atoms with Crippen molar-refractivity contribution in [2.24, 2.45) is 10.2 Å². The summed E-state index contributed by atoms with van der Waals surface area (Å²) in [5.41, 5.74) is 1.05. The minimum Gasteiger partial charge on any atom is -0.444 e. The summed E-state index contributed by atoms with van der Waals surface area (Å²) in [6, 6.07) is 6.88. The Hall–Kier alpha value is -2.24. The lowest BCUT2D eigenvalue weighted by molar-refractivity contribution is 0.108. The molecule has 0 atom stereocenters. The number of hydrogen-bond donors (Lipinski definition) is 0. The highest BCUT2D eigenvalue weighted by atomic mass is 16.6. The minimum absolute atomic E-state index is 0.102. The third-order valence-corrected chi connectivity index (χ3v) is 3.01. The largest absolute Gasteiger partial charge is 0.458 e. The third-order valence-electron chi connectivity index (χ3n) is 3.01. The van der Waals surface area contributed by atoms with E-state index in [2.05, 4.69) is 10.2 Å². The fourth-order valence-electron chi connectivity index (χ4n) is 1.98. The summed E-state index contributed by atoms with van der Waals surface area (Å²) >= 11 is 0. The van der Waals surface area contributed by atoms with Gasteiger partial charge in [-0.1, -0.05) is 27.9 Å². The van der Waals surface area contributed by atoms with E-state index in [-0.39, 0.29) is 6.10 Å². The number of carbonyl (C=O) groups excluding carboxylic acids is 2. The Morgan fingerprint density at radius 2 is 1.65 bits per heavy atom. The van der Waals surface area contributed by atoms with E-state index in [1.165, 1.54) is 0 Å². The topological polar surface area (TPSA) is 77.3 Å². The van der Waals surface area contributed by atoms with Crippen molar-refractivity contribution in [1.82, 2.24) is 0 Å². The maximum atomic E-state index is 11.3. The van der Waals surface area contributed by atoms with Crippen molar-refractivity contribution in [3.8, 4) is 5.75 Å². The molecule has 106 valence electrons. The highest BCUT2D eigenvalue weighted by Gasteiger charge is 2.19. The zero-order valence-electron chi connectivity index (χ0n) is 11.2. The molecule has 0 aliphatic heterocycles. The van der Waals surface area contributed by atoms with Gasteiger partial charge in [-0.3, -0.25) is 0 Å². The molecule has 1 aliphatic carbocycles. The van der Waals surface area contributed by atoms with Crippen LogP contribution in [0.3, 0.4) is 0 Å². The van der Waals surface area contributed by atoms with Crippen LogP contribution in [0, 0.1) is 6.92 Å². The maximum absolute atomic E-state index is 11.3. The first-order valence-electron chi connectivity index (χ1n) is 6.54. The van der Waals surface area contributed by atoms with E-state index in [1.807, 2.05) is 6.92 Å². The average Bonchev–Trinajstić information content (AvgIpc) is 2.92. The minimum atomic E-state index is -0.947. The van der Waals surface area contributed by atoms with Crippen LogP contribution in [0.15, 0.2) is 34.5 Å². The molecule has 2 rings (SSSR count). The van der Waals surface area contributed by atoms with Crippen LogP contribution in [0.2, 0.25) is 0 Å². The summed E-state index contributed by atoms with van der Waals surface area (Å²) in [7, 11) is 0. The number of rotatable bonds is 2. The van der Waals surface area contributed by atoms with Gasteiger partial charge in [-0.25, -0.2) is 9.59 Å². The Labute approximate surface area is 116 Å². The van der Waals surface area contributed by atoms with Gasteiger partial charge in [0.25, 0.3) is 0 Å². The van der Waals surface area contributed by atoms with Crippen molar-refractivity contribution in [2.45, 2.75) is 38.7 Å². The van der Waals surface area contributed by atoms with Crippen LogP contribution in [0.1, 0.15) is 31.2 Å². The number of nitrogens with zero attached hydrogens (tertiary/aromatic N) is 2. The first-order chi connectivity index (χ1) is 9.63. The number of carbonyl (C=O) groups is 2. The summed E-state index contributed by atoms with van der Waals surface area (Å²) in [5.74, 6) is 0.351. The molecule has 1 saturated carbocycles. The first kappa shape index (κ1) is 14.2. The van der Waals surface area contributed by atoms with Gasteiger partial charge in [-0.2, -0.15) is 0 Å². The Morgan fingerprint density at radius 3 is 2.30 bits per heavy atom. The van der Waals surface area contributed by atoms with Gasteiger partial charge in [0.2, 0.25) is 0 Å². The molecular weight excluding hydrogens is 260 g/mol. The molecule has 1 aromatic carbocycles. The fourth-order valence-corrected chi connectivity index (χ4v) is 1.98. The van der Waals surface area contributed by atoms with Crippen molar-refractivity contribution in [1.29, 1.82) is 0 Å². The summed E-state index contributed by atoms with van der Waals surface area (Å²) in [4.78, 5) is 22.7. The number of benzene rings is 1. The predicted molar refractivity (Wildman–Crippen MR) is 70.8 cm³/mol. The van der Waals surface area contributed by atoms with Gasteiger partial charge in [-0.15, -0.1) is 0 Å². The molecule has 6 heteroatoms. The van der Waals surface area contributed by atoms with Crippen molar-refractivity contribution in [2.75, 3.05) is 0 Å². The second-order valence-corrected chi connectivity index (χ2v) is 4.67. The fraction of sp³-hybridized carbons (Fsp3) is 0.429. The van der Waals surface area contributed by atoms with Gasteiger partial charge in [0, 0.05) is 0 Å². The summed E-state index contributed by atoms with van der Waals surface area (Å²) in [5, 5.41) is 6.36. The second-order valence-electron chi connectivity index (χ2n) is 4.67. The molecule has 0 heterocycles. The monoisotopic (exact) mass is 276 g/mol. The SMILES string of the molecule is Cc1ccc(OC(=O)/N=N/C(=O)OC2CCCC2)cc1. The molecule has 2 amide bonds. The van der Waals surface area contributed by atoms with Gasteiger partial charge in [0.05, 0.1) is 0 Å². The van der Waals surface area contributed by atoms with E-state index >= 15 is 0 Å². The van der Waals surface area contributed by atoms with E-state index in [4.69, 9.17) is 9.47 Å². The molecule has 6 nitrogen and oxygen atoms in total. The molecule has 0 N–H and O–H groups in total. The molecule has 0 saturated heterocycles. The van der Waals surface area contributed by atoms with Crippen molar-refractivity contribution < 1.29 is 19.1 Å². The van der Waals surface area contributed by atoms with E-state index in [9.17, 15) is 9.59 Å². The predicted octanol–water partition coefficient (Wildman–Crippen LogP) is 4.03. The zero-order chi connectivity index (χ0) is 14.4. The first-order valence-corrected chi connectivity index (χ1v) is 6.54. The van der Waals surface area contributed by atoms with E-state index < -0.39 is 12.2 Å².